The third kappa shape index (κ3) is 2.76. The molecule has 0 atom stereocenters. The molecule has 0 N–H and O–H groups in total. The van der Waals surface area contributed by atoms with E-state index in [0.29, 0.717) is 20.8 Å². The van der Waals surface area contributed by atoms with Crippen molar-refractivity contribution in [1.29, 1.82) is 0 Å². The highest BCUT2D eigenvalue weighted by atomic mass is 35.5. The Kier molecular flexibility index (Phi) is 3.85. The SMILES string of the molecule is O=[C]COc1cc(Cl)c(Cl)cc1Cl. The molecule has 5 heteroatoms. The maximum atomic E-state index is 9.89. The molecule has 0 aliphatic heterocycles. The van der Waals surface area contributed by atoms with E-state index in [1.54, 1.807) is 6.29 Å². The van der Waals surface area contributed by atoms with E-state index in [9.17, 15) is 4.79 Å². The van der Waals surface area contributed by atoms with Crippen molar-refractivity contribution in [3.05, 3.63) is 27.2 Å². The first-order valence-electron chi connectivity index (χ1n) is 3.27. The average molecular weight is 238 g/mol. The number of hydrogen-bond donors (Lipinski definition) is 0. The number of ether oxygens (including phenoxy) is 1. The lowest BCUT2D eigenvalue weighted by Crippen LogP contribution is -1.98. The Labute approximate surface area is 90.3 Å². The van der Waals surface area contributed by atoms with Crippen molar-refractivity contribution < 1.29 is 9.53 Å². The molecule has 1 rings (SSSR count). The zero-order valence-corrected chi connectivity index (χ0v) is 8.58. The van der Waals surface area contributed by atoms with Crippen molar-refractivity contribution in [2.75, 3.05) is 6.61 Å². The predicted molar refractivity (Wildman–Crippen MR) is 52.7 cm³/mol. The standard InChI is InChI=1S/C8H4Cl3O2/c9-5-3-7(11)8(4-6(5)10)13-2-1-12/h3-4H,2H2. The summed E-state index contributed by atoms with van der Waals surface area (Å²) in [6.45, 7) is -0.183. The van der Waals surface area contributed by atoms with Crippen LogP contribution < -0.4 is 4.74 Å². The van der Waals surface area contributed by atoms with Gasteiger partial charge in [0.15, 0.2) is 6.61 Å². The number of hydrogen-bond acceptors (Lipinski definition) is 2. The fourth-order valence-electron chi connectivity index (χ4n) is 0.722. The second-order valence-electron chi connectivity index (χ2n) is 2.13. The molecule has 1 aromatic rings. The number of benzene rings is 1. The van der Waals surface area contributed by atoms with Crippen LogP contribution >= 0.6 is 34.8 Å². The van der Waals surface area contributed by atoms with Crippen molar-refractivity contribution in [2.45, 2.75) is 0 Å². The summed E-state index contributed by atoms with van der Waals surface area (Å²) >= 11 is 17.1. The monoisotopic (exact) mass is 237 g/mol. The van der Waals surface area contributed by atoms with Crippen LogP contribution in [0.3, 0.4) is 0 Å². The van der Waals surface area contributed by atoms with Crippen molar-refractivity contribution in [2.24, 2.45) is 0 Å². The summed E-state index contributed by atoms with van der Waals surface area (Å²) in [6, 6.07) is 2.90. The van der Waals surface area contributed by atoms with Gasteiger partial charge in [0.05, 0.1) is 15.1 Å². The maximum absolute atomic E-state index is 9.89. The fraction of sp³-hybridized carbons (Fsp3) is 0.125. The molecule has 0 saturated heterocycles. The molecule has 69 valence electrons. The van der Waals surface area contributed by atoms with Gasteiger partial charge in [0.25, 0.3) is 0 Å². The van der Waals surface area contributed by atoms with Gasteiger partial charge in [0.1, 0.15) is 5.75 Å². The lowest BCUT2D eigenvalue weighted by Gasteiger charge is -2.05. The number of carbonyl (C=O) groups excluding carboxylic acids is 1. The van der Waals surface area contributed by atoms with Gasteiger partial charge in [-0.25, -0.2) is 0 Å². The summed E-state index contributed by atoms with van der Waals surface area (Å²) in [6.07, 6.45) is 1.57. The molecule has 1 radical (unpaired) electrons. The van der Waals surface area contributed by atoms with Crippen molar-refractivity contribution in [1.82, 2.24) is 0 Å². The zero-order valence-electron chi connectivity index (χ0n) is 6.31. The number of rotatable bonds is 3. The van der Waals surface area contributed by atoms with E-state index < -0.39 is 0 Å². The highest BCUT2D eigenvalue weighted by molar-refractivity contribution is 6.43. The molecule has 13 heavy (non-hydrogen) atoms. The summed E-state index contributed by atoms with van der Waals surface area (Å²) in [5, 5.41) is 0.978. The molecule has 0 unspecified atom stereocenters. The fourth-order valence-corrected chi connectivity index (χ4v) is 1.31. The zero-order chi connectivity index (χ0) is 9.84. The van der Waals surface area contributed by atoms with Crippen LogP contribution in [-0.4, -0.2) is 12.9 Å². The summed E-state index contributed by atoms with van der Waals surface area (Å²) in [4.78, 5) is 9.89. The second-order valence-corrected chi connectivity index (χ2v) is 3.35. The van der Waals surface area contributed by atoms with Gasteiger partial charge in [0, 0.05) is 6.07 Å². The minimum Gasteiger partial charge on any atom is -0.484 e. The normalized spacial score (nSPS) is 9.77. The van der Waals surface area contributed by atoms with E-state index in [4.69, 9.17) is 39.5 Å². The minimum atomic E-state index is -0.183. The molecule has 0 spiro atoms. The molecule has 0 fully saturated rings. The predicted octanol–water partition coefficient (Wildman–Crippen LogP) is 3.14. The topological polar surface area (TPSA) is 26.3 Å². The summed E-state index contributed by atoms with van der Waals surface area (Å²) in [5.74, 6) is 0.319. The van der Waals surface area contributed by atoms with Crippen LogP contribution in [0.2, 0.25) is 15.1 Å². The van der Waals surface area contributed by atoms with Gasteiger partial charge in [-0.1, -0.05) is 34.8 Å². The molecule has 2 nitrogen and oxygen atoms in total. The van der Waals surface area contributed by atoms with Crippen molar-refractivity contribution >= 4 is 41.1 Å². The Morgan fingerprint density at radius 3 is 2.38 bits per heavy atom. The Morgan fingerprint density at radius 2 is 1.77 bits per heavy atom. The summed E-state index contributed by atoms with van der Waals surface area (Å²) in [7, 11) is 0. The molecular formula is C8H4Cl3O2. The highest BCUT2D eigenvalue weighted by Gasteiger charge is 2.06. The molecule has 0 aromatic heterocycles. The highest BCUT2D eigenvalue weighted by Crippen LogP contribution is 2.33. The van der Waals surface area contributed by atoms with Gasteiger partial charge in [-0.15, -0.1) is 0 Å². The second kappa shape index (κ2) is 4.70. The van der Waals surface area contributed by atoms with Crippen molar-refractivity contribution in [3.8, 4) is 5.75 Å². The minimum absolute atomic E-state index is 0.183. The third-order valence-electron chi connectivity index (χ3n) is 1.26. The Bertz CT molecular complexity index is 325. The van der Waals surface area contributed by atoms with E-state index in [1.165, 1.54) is 12.1 Å². The Balaban J connectivity index is 2.94. The van der Waals surface area contributed by atoms with E-state index >= 15 is 0 Å². The van der Waals surface area contributed by atoms with Crippen LogP contribution in [0, 0.1) is 0 Å². The van der Waals surface area contributed by atoms with E-state index in [0.717, 1.165) is 0 Å². The maximum Gasteiger partial charge on any atom is 0.239 e. The first kappa shape index (κ1) is 10.6. The van der Waals surface area contributed by atoms with Crippen LogP contribution in [-0.2, 0) is 4.79 Å². The van der Waals surface area contributed by atoms with E-state index in [-0.39, 0.29) is 6.61 Å². The van der Waals surface area contributed by atoms with Gasteiger partial charge in [-0.3, -0.25) is 4.79 Å². The van der Waals surface area contributed by atoms with Crippen LogP contribution in [0.25, 0.3) is 0 Å². The molecule has 0 saturated carbocycles. The Morgan fingerprint density at radius 1 is 1.15 bits per heavy atom. The Hall–Kier alpha value is -0.440. The molecule has 1 aromatic carbocycles. The third-order valence-corrected chi connectivity index (χ3v) is 2.28. The van der Waals surface area contributed by atoms with Crippen LogP contribution in [0.5, 0.6) is 5.75 Å². The van der Waals surface area contributed by atoms with Gasteiger partial charge in [-0.2, -0.15) is 0 Å². The largest absolute Gasteiger partial charge is 0.484 e. The average Bonchev–Trinajstić information content (AvgIpc) is 2.09. The van der Waals surface area contributed by atoms with Gasteiger partial charge in [-0.05, 0) is 6.07 Å². The molecule has 0 aliphatic rings. The first-order chi connectivity index (χ1) is 6.15. The molecule has 0 amide bonds. The molecular weight excluding hydrogens is 234 g/mol. The van der Waals surface area contributed by atoms with Gasteiger partial charge in [0.2, 0.25) is 6.29 Å². The lowest BCUT2D eigenvalue weighted by atomic mass is 10.3. The molecule has 0 heterocycles. The summed E-state index contributed by atoms with van der Waals surface area (Å²) in [5.41, 5.74) is 0. The van der Waals surface area contributed by atoms with Gasteiger partial charge >= 0.3 is 0 Å². The van der Waals surface area contributed by atoms with Crippen LogP contribution in [0.1, 0.15) is 0 Å². The van der Waals surface area contributed by atoms with E-state index in [2.05, 4.69) is 0 Å². The first-order valence-corrected chi connectivity index (χ1v) is 4.41. The molecule has 0 aliphatic carbocycles. The quantitative estimate of drug-likeness (QED) is 0.756. The van der Waals surface area contributed by atoms with Crippen LogP contribution in [0.4, 0.5) is 0 Å². The summed E-state index contributed by atoms with van der Waals surface area (Å²) < 4.78 is 4.92. The van der Waals surface area contributed by atoms with Gasteiger partial charge < -0.3 is 4.74 Å². The van der Waals surface area contributed by atoms with Crippen LogP contribution in [0.15, 0.2) is 12.1 Å². The van der Waals surface area contributed by atoms with E-state index in [1.807, 2.05) is 0 Å². The molecule has 0 bridgehead atoms. The number of halogens is 3. The smallest absolute Gasteiger partial charge is 0.239 e. The lowest BCUT2D eigenvalue weighted by molar-refractivity contribution is 0.365. The van der Waals surface area contributed by atoms with Crippen molar-refractivity contribution in [3.63, 3.8) is 0 Å².